The van der Waals surface area contributed by atoms with E-state index < -0.39 is 4.92 Å². The van der Waals surface area contributed by atoms with E-state index in [9.17, 15) is 10.1 Å². The van der Waals surface area contributed by atoms with Crippen molar-refractivity contribution in [3.05, 3.63) is 63.3 Å². The highest BCUT2D eigenvalue weighted by Gasteiger charge is 2.16. The van der Waals surface area contributed by atoms with Crippen LogP contribution in [-0.4, -0.2) is 9.91 Å². The molecule has 0 amide bonds. The summed E-state index contributed by atoms with van der Waals surface area (Å²) in [6.45, 7) is 0.862. The van der Waals surface area contributed by atoms with E-state index in [0.29, 0.717) is 13.1 Å². The highest BCUT2D eigenvalue weighted by molar-refractivity contribution is 5.58. The lowest BCUT2D eigenvalue weighted by Crippen LogP contribution is -2.05. The van der Waals surface area contributed by atoms with Gasteiger partial charge in [0.05, 0.1) is 10.5 Å². The quantitative estimate of drug-likeness (QED) is 0.639. The first-order valence-corrected chi connectivity index (χ1v) is 6.20. The van der Waals surface area contributed by atoms with E-state index in [1.54, 1.807) is 0 Å². The van der Waals surface area contributed by atoms with Crippen molar-refractivity contribution in [2.45, 2.75) is 13.1 Å². The number of nitriles is 1. The molecule has 7 nitrogen and oxygen atoms in total. The standard InChI is InChI=1S/C14H13N5O2/c15-6-10-1-3-11(4-2-10)8-17-14-13(19(20)21)5-12(7-16)9-18-14/h1-5,9H,6,8,15H2,(H,17,18). The Balaban J connectivity index is 2.15. The summed E-state index contributed by atoms with van der Waals surface area (Å²) in [7, 11) is 0. The van der Waals surface area contributed by atoms with E-state index in [-0.39, 0.29) is 17.1 Å². The predicted molar refractivity (Wildman–Crippen MR) is 77.3 cm³/mol. The van der Waals surface area contributed by atoms with Crippen LogP contribution in [0.5, 0.6) is 0 Å². The Morgan fingerprint density at radius 2 is 2.00 bits per heavy atom. The number of nitro groups is 1. The third-order valence-electron chi connectivity index (χ3n) is 2.91. The second-order valence-electron chi connectivity index (χ2n) is 4.33. The van der Waals surface area contributed by atoms with E-state index in [1.165, 1.54) is 12.3 Å². The molecular formula is C14H13N5O2. The number of nitrogens with one attached hydrogen (secondary N) is 1. The third kappa shape index (κ3) is 3.52. The average molecular weight is 283 g/mol. The Labute approximate surface area is 121 Å². The lowest BCUT2D eigenvalue weighted by atomic mass is 10.1. The van der Waals surface area contributed by atoms with Crippen LogP contribution in [0.15, 0.2) is 36.5 Å². The highest BCUT2D eigenvalue weighted by Crippen LogP contribution is 2.23. The van der Waals surface area contributed by atoms with Gasteiger partial charge in [-0.1, -0.05) is 24.3 Å². The molecule has 0 spiro atoms. The summed E-state index contributed by atoms with van der Waals surface area (Å²) in [6.07, 6.45) is 1.30. The summed E-state index contributed by atoms with van der Waals surface area (Å²) in [6, 6.07) is 10.6. The van der Waals surface area contributed by atoms with Crippen molar-refractivity contribution in [2.75, 3.05) is 5.32 Å². The predicted octanol–water partition coefficient (Wildman–Crippen LogP) is 1.93. The molecule has 1 aromatic heterocycles. The number of pyridine rings is 1. The maximum atomic E-state index is 11.0. The molecule has 0 bridgehead atoms. The van der Waals surface area contributed by atoms with Crippen molar-refractivity contribution in [1.29, 1.82) is 5.26 Å². The molecule has 1 heterocycles. The van der Waals surface area contributed by atoms with E-state index in [0.717, 1.165) is 11.1 Å². The molecule has 0 fully saturated rings. The van der Waals surface area contributed by atoms with Crippen LogP contribution < -0.4 is 11.1 Å². The lowest BCUT2D eigenvalue weighted by Gasteiger charge is -2.07. The van der Waals surface area contributed by atoms with Gasteiger partial charge in [0, 0.05) is 25.4 Å². The first-order valence-electron chi connectivity index (χ1n) is 6.20. The second kappa shape index (κ2) is 6.45. The zero-order valence-electron chi connectivity index (χ0n) is 11.1. The normalized spacial score (nSPS) is 9.90. The monoisotopic (exact) mass is 283 g/mol. The number of benzene rings is 1. The number of hydrogen-bond donors (Lipinski definition) is 2. The number of aromatic nitrogens is 1. The Kier molecular flexibility index (Phi) is 4.43. The molecule has 1 aromatic carbocycles. The van der Waals surface area contributed by atoms with Crippen LogP contribution >= 0.6 is 0 Å². The van der Waals surface area contributed by atoms with Crippen LogP contribution in [0.25, 0.3) is 0 Å². The number of nitrogens with two attached hydrogens (primary N) is 1. The second-order valence-corrected chi connectivity index (χ2v) is 4.33. The van der Waals surface area contributed by atoms with Crippen LogP contribution in [0.1, 0.15) is 16.7 Å². The van der Waals surface area contributed by atoms with Crippen molar-refractivity contribution in [3.63, 3.8) is 0 Å². The van der Waals surface area contributed by atoms with Crippen LogP contribution in [0.3, 0.4) is 0 Å². The maximum absolute atomic E-state index is 11.0. The molecule has 3 N–H and O–H groups in total. The molecule has 2 rings (SSSR count). The molecule has 0 atom stereocenters. The summed E-state index contributed by atoms with van der Waals surface area (Å²) < 4.78 is 0. The molecule has 0 saturated carbocycles. The Morgan fingerprint density at radius 1 is 1.33 bits per heavy atom. The number of hydrogen-bond acceptors (Lipinski definition) is 6. The SMILES string of the molecule is N#Cc1cnc(NCc2ccc(CN)cc2)c([N+](=O)[O-])c1. The largest absolute Gasteiger partial charge is 0.360 e. The van der Waals surface area contributed by atoms with E-state index in [4.69, 9.17) is 11.0 Å². The van der Waals surface area contributed by atoms with Gasteiger partial charge in [0.25, 0.3) is 0 Å². The van der Waals surface area contributed by atoms with Crippen LogP contribution in [-0.2, 0) is 13.1 Å². The fourth-order valence-corrected chi connectivity index (χ4v) is 1.77. The number of nitrogens with zero attached hydrogens (tertiary/aromatic N) is 3. The number of rotatable bonds is 5. The Morgan fingerprint density at radius 3 is 2.57 bits per heavy atom. The molecule has 0 aliphatic carbocycles. The zero-order chi connectivity index (χ0) is 15.2. The van der Waals surface area contributed by atoms with E-state index in [2.05, 4.69) is 10.3 Å². The van der Waals surface area contributed by atoms with Gasteiger partial charge < -0.3 is 11.1 Å². The van der Waals surface area contributed by atoms with Gasteiger partial charge in [0.2, 0.25) is 5.82 Å². The smallest absolute Gasteiger partial charge is 0.312 e. The maximum Gasteiger partial charge on any atom is 0.312 e. The van der Waals surface area contributed by atoms with Crippen LogP contribution in [0, 0.1) is 21.4 Å². The van der Waals surface area contributed by atoms with Crippen LogP contribution in [0.4, 0.5) is 11.5 Å². The Bertz CT molecular complexity index is 692. The van der Waals surface area contributed by atoms with Gasteiger partial charge in [-0.25, -0.2) is 4.98 Å². The van der Waals surface area contributed by atoms with Crippen molar-refractivity contribution in [1.82, 2.24) is 4.98 Å². The van der Waals surface area contributed by atoms with Crippen molar-refractivity contribution < 1.29 is 4.92 Å². The minimum absolute atomic E-state index is 0.141. The summed E-state index contributed by atoms with van der Waals surface area (Å²) in [4.78, 5) is 14.3. The van der Waals surface area contributed by atoms with E-state index >= 15 is 0 Å². The van der Waals surface area contributed by atoms with Gasteiger partial charge in [0.15, 0.2) is 0 Å². The van der Waals surface area contributed by atoms with Crippen molar-refractivity contribution in [3.8, 4) is 6.07 Å². The molecule has 106 valence electrons. The molecular weight excluding hydrogens is 270 g/mol. The first kappa shape index (κ1) is 14.4. The molecule has 0 aliphatic heterocycles. The fourth-order valence-electron chi connectivity index (χ4n) is 1.77. The van der Waals surface area contributed by atoms with Gasteiger partial charge in [-0.05, 0) is 11.1 Å². The van der Waals surface area contributed by atoms with Gasteiger partial charge in [-0.3, -0.25) is 10.1 Å². The minimum Gasteiger partial charge on any atom is -0.360 e. The highest BCUT2D eigenvalue weighted by atomic mass is 16.6. The lowest BCUT2D eigenvalue weighted by molar-refractivity contribution is -0.384. The molecule has 0 aliphatic rings. The first-order chi connectivity index (χ1) is 10.1. The summed E-state index contributed by atoms with van der Waals surface area (Å²) >= 11 is 0. The van der Waals surface area contributed by atoms with Crippen LogP contribution in [0.2, 0.25) is 0 Å². The molecule has 0 unspecified atom stereocenters. The topological polar surface area (TPSA) is 118 Å². The minimum atomic E-state index is -0.562. The molecule has 7 heteroatoms. The molecule has 0 saturated heterocycles. The van der Waals surface area contributed by atoms with E-state index in [1.807, 2.05) is 30.3 Å². The molecule has 21 heavy (non-hydrogen) atoms. The summed E-state index contributed by atoms with van der Waals surface area (Å²) in [5.74, 6) is 0.141. The number of anilines is 1. The van der Waals surface area contributed by atoms with Crippen molar-refractivity contribution in [2.24, 2.45) is 5.73 Å². The van der Waals surface area contributed by atoms with Gasteiger partial charge in [-0.2, -0.15) is 5.26 Å². The fraction of sp³-hybridized carbons (Fsp3) is 0.143. The zero-order valence-corrected chi connectivity index (χ0v) is 11.1. The third-order valence-corrected chi connectivity index (χ3v) is 2.91. The summed E-state index contributed by atoms with van der Waals surface area (Å²) in [5, 5.41) is 22.6. The average Bonchev–Trinajstić information content (AvgIpc) is 2.53. The van der Waals surface area contributed by atoms with Gasteiger partial charge >= 0.3 is 5.69 Å². The molecule has 2 aromatic rings. The summed E-state index contributed by atoms with van der Waals surface area (Å²) in [5.41, 5.74) is 7.42. The Hall–Kier alpha value is -2.98. The van der Waals surface area contributed by atoms with Gasteiger partial charge in [-0.15, -0.1) is 0 Å². The molecule has 0 radical (unpaired) electrons. The van der Waals surface area contributed by atoms with Gasteiger partial charge in [0.1, 0.15) is 6.07 Å². The van der Waals surface area contributed by atoms with Crippen molar-refractivity contribution >= 4 is 11.5 Å².